The molecular formula is C14H13BrN2O3S. The van der Waals surface area contributed by atoms with Crippen molar-refractivity contribution in [2.75, 3.05) is 5.43 Å². The Morgan fingerprint density at radius 1 is 1.19 bits per heavy atom. The summed E-state index contributed by atoms with van der Waals surface area (Å²) in [4.78, 5) is -0.152. The lowest BCUT2D eigenvalue weighted by Crippen LogP contribution is -2.01. The minimum atomic E-state index is -4.17. The quantitative estimate of drug-likeness (QED) is 0.491. The molecule has 5 nitrogen and oxygen atoms in total. The van der Waals surface area contributed by atoms with E-state index < -0.39 is 10.1 Å². The van der Waals surface area contributed by atoms with E-state index in [-0.39, 0.29) is 4.90 Å². The Kier molecular flexibility index (Phi) is 4.76. The zero-order valence-corrected chi connectivity index (χ0v) is 13.5. The van der Waals surface area contributed by atoms with Gasteiger partial charge in [-0.1, -0.05) is 28.1 Å². The number of benzene rings is 2. The van der Waals surface area contributed by atoms with Gasteiger partial charge in [0.05, 0.1) is 16.3 Å². The summed E-state index contributed by atoms with van der Waals surface area (Å²) in [6, 6.07) is 13.4. The first kappa shape index (κ1) is 15.7. The van der Waals surface area contributed by atoms with Crippen molar-refractivity contribution in [3.05, 3.63) is 58.6 Å². The van der Waals surface area contributed by atoms with Crippen LogP contribution in [0.25, 0.3) is 0 Å². The van der Waals surface area contributed by atoms with Gasteiger partial charge < -0.3 is 0 Å². The first-order chi connectivity index (χ1) is 9.86. The maximum atomic E-state index is 10.9. The lowest BCUT2D eigenvalue weighted by molar-refractivity contribution is 0.483. The van der Waals surface area contributed by atoms with E-state index in [2.05, 4.69) is 26.5 Å². The number of rotatable bonds is 4. The van der Waals surface area contributed by atoms with Crippen LogP contribution in [0.4, 0.5) is 5.69 Å². The molecule has 7 heteroatoms. The molecule has 0 unspecified atom stereocenters. The molecule has 0 saturated carbocycles. The summed E-state index contributed by atoms with van der Waals surface area (Å²) in [5, 5.41) is 4.23. The van der Waals surface area contributed by atoms with E-state index in [4.69, 9.17) is 4.55 Å². The summed E-state index contributed by atoms with van der Waals surface area (Å²) >= 11 is 3.40. The Bertz CT molecular complexity index is 771. The van der Waals surface area contributed by atoms with Crippen molar-refractivity contribution in [1.82, 2.24) is 0 Å². The average Bonchev–Trinajstić information content (AvgIpc) is 2.44. The van der Waals surface area contributed by atoms with E-state index in [1.54, 1.807) is 0 Å². The van der Waals surface area contributed by atoms with Crippen molar-refractivity contribution in [3.63, 3.8) is 0 Å². The van der Waals surface area contributed by atoms with E-state index >= 15 is 0 Å². The molecular weight excluding hydrogens is 356 g/mol. The van der Waals surface area contributed by atoms with Crippen molar-refractivity contribution in [2.24, 2.45) is 5.10 Å². The second-order valence-electron chi connectivity index (χ2n) is 4.32. The van der Waals surface area contributed by atoms with Gasteiger partial charge in [0.25, 0.3) is 10.1 Å². The van der Waals surface area contributed by atoms with Gasteiger partial charge in [0.15, 0.2) is 0 Å². The maximum Gasteiger partial charge on any atom is 0.294 e. The number of hydrogen-bond donors (Lipinski definition) is 2. The van der Waals surface area contributed by atoms with E-state index in [0.717, 1.165) is 15.7 Å². The predicted molar refractivity (Wildman–Crippen MR) is 86.2 cm³/mol. The van der Waals surface area contributed by atoms with Gasteiger partial charge in [-0.15, -0.1) is 0 Å². The molecule has 110 valence electrons. The molecule has 2 rings (SSSR count). The highest BCUT2D eigenvalue weighted by atomic mass is 79.9. The van der Waals surface area contributed by atoms with Crippen LogP contribution in [0.5, 0.6) is 0 Å². The standard InChI is InChI=1S/C14H13BrN2O3S/c1-10(11-3-2-4-12(15)9-11)16-17-13-5-7-14(8-6-13)21(18,19)20/h2-9,17H,1H3,(H,18,19,20). The van der Waals surface area contributed by atoms with E-state index in [1.807, 2.05) is 31.2 Å². The molecule has 0 aliphatic rings. The summed E-state index contributed by atoms with van der Waals surface area (Å²) < 4.78 is 31.7. The Balaban J connectivity index is 2.14. The molecule has 0 saturated heterocycles. The zero-order valence-electron chi connectivity index (χ0n) is 11.1. The lowest BCUT2D eigenvalue weighted by Gasteiger charge is -2.05. The van der Waals surface area contributed by atoms with Crippen molar-refractivity contribution in [1.29, 1.82) is 0 Å². The summed E-state index contributed by atoms with van der Waals surface area (Å²) in [5.41, 5.74) is 5.21. The van der Waals surface area contributed by atoms with E-state index in [9.17, 15) is 8.42 Å². The van der Waals surface area contributed by atoms with Crippen LogP contribution in [0.3, 0.4) is 0 Å². The van der Waals surface area contributed by atoms with Gasteiger partial charge in [-0.3, -0.25) is 9.98 Å². The highest BCUT2D eigenvalue weighted by Crippen LogP contribution is 2.15. The summed E-state index contributed by atoms with van der Waals surface area (Å²) in [6.07, 6.45) is 0. The number of anilines is 1. The lowest BCUT2D eigenvalue weighted by atomic mass is 10.1. The maximum absolute atomic E-state index is 10.9. The summed E-state index contributed by atoms with van der Waals surface area (Å²) in [6.45, 7) is 1.86. The smallest absolute Gasteiger partial charge is 0.282 e. The summed E-state index contributed by atoms with van der Waals surface area (Å²) in [5.74, 6) is 0. The van der Waals surface area contributed by atoms with Gasteiger partial charge in [0.2, 0.25) is 0 Å². The van der Waals surface area contributed by atoms with E-state index in [0.29, 0.717) is 5.69 Å². The SMILES string of the molecule is CC(=NNc1ccc(S(=O)(=O)O)cc1)c1cccc(Br)c1. The number of nitrogens with one attached hydrogen (secondary N) is 1. The molecule has 0 amide bonds. The van der Waals surface area contributed by atoms with Crippen LogP contribution in [0.2, 0.25) is 0 Å². The molecule has 0 heterocycles. The van der Waals surface area contributed by atoms with Crippen LogP contribution in [-0.2, 0) is 10.1 Å². The fourth-order valence-corrected chi connectivity index (χ4v) is 2.51. The molecule has 0 radical (unpaired) electrons. The average molecular weight is 369 g/mol. The number of halogens is 1. The second kappa shape index (κ2) is 6.38. The zero-order chi connectivity index (χ0) is 15.5. The Hall–Kier alpha value is -1.70. The van der Waals surface area contributed by atoms with Crippen molar-refractivity contribution in [3.8, 4) is 0 Å². The molecule has 0 aliphatic heterocycles. The first-order valence-corrected chi connectivity index (χ1v) is 8.23. The van der Waals surface area contributed by atoms with Crippen molar-refractivity contribution >= 4 is 37.4 Å². The predicted octanol–water partition coefficient (Wildman–Crippen LogP) is 3.53. The third-order valence-electron chi connectivity index (χ3n) is 2.75. The van der Waals surface area contributed by atoms with Gasteiger partial charge in [-0.2, -0.15) is 13.5 Å². The Labute approximate surface area is 131 Å². The van der Waals surface area contributed by atoms with Crippen LogP contribution in [0, 0.1) is 0 Å². The molecule has 0 fully saturated rings. The number of hydrazone groups is 1. The molecule has 0 aliphatic carbocycles. The molecule has 0 spiro atoms. The molecule has 0 bridgehead atoms. The molecule has 0 atom stereocenters. The van der Waals surface area contributed by atoms with Crippen molar-refractivity contribution in [2.45, 2.75) is 11.8 Å². The largest absolute Gasteiger partial charge is 0.294 e. The van der Waals surface area contributed by atoms with E-state index in [1.165, 1.54) is 24.3 Å². The monoisotopic (exact) mass is 368 g/mol. The highest BCUT2D eigenvalue weighted by molar-refractivity contribution is 9.10. The third-order valence-corrected chi connectivity index (χ3v) is 4.11. The molecule has 0 aromatic heterocycles. The minimum Gasteiger partial charge on any atom is -0.282 e. The van der Waals surface area contributed by atoms with Crippen LogP contribution in [-0.4, -0.2) is 18.7 Å². The van der Waals surface area contributed by atoms with Gasteiger partial charge in [0, 0.05) is 4.47 Å². The van der Waals surface area contributed by atoms with Crippen LogP contribution in [0.15, 0.2) is 63.0 Å². The summed E-state index contributed by atoms with van der Waals surface area (Å²) in [7, 11) is -4.17. The fraction of sp³-hybridized carbons (Fsp3) is 0.0714. The Morgan fingerprint density at radius 2 is 1.86 bits per heavy atom. The molecule has 21 heavy (non-hydrogen) atoms. The van der Waals surface area contributed by atoms with Crippen LogP contribution >= 0.6 is 15.9 Å². The molecule has 2 aromatic carbocycles. The first-order valence-electron chi connectivity index (χ1n) is 6.00. The fourth-order valence-electron chi connectivity index (χ4n) is 1.63. The normalized spacial score (nSPS) is 12.2. The van der Waals surface area contributed by atoms with Crippen molar-refractivity contribution < 1.29 is 13.0 Å². The second-order valence-corrected chi connectivity index (χ2v) is 6.66. The third kappa shape index (κ3) is 4.38. The van der Waals surface area contributed by atoms with Gasteiger partial charge in [-0.25, -0.2) is 0 Å². The van der Waals surface area contributed by atoms with Gasteiger partial charge >= 0.3 is 0 Å². The van der Waals surface area contributed by atoms with Crippen LogP contribution in [0.1, 0.15) is 12.5 Å². The van der Waals surface area contributed by atoms with Crippen LogP contribution < -0.4 is 5.43 Å². The minimum absolute atomic E-state index is 0.152. The highest BCUT2D eigenvalue weighted by Gasteiger charge is 2.08. The topological polar surface area (TPSA) is 78.8 Å². The number of nitrogens with zero attached hydrogens (tertiary/aromatic N) is 1. The Morgan fingerprint density at radius 3 is 2.43 bits per heavy atom. The van der Waals surface area contributed by atoms with Gasteiger partial charge in [-0.05, 0) is 48.9 Å². The molecule has 2 aromatic rings. The number of hydrogen-bond acceptors (Lipinski definition) is 4. The molecule has 2 N–H and O–H groups in total. The van der Waals surface area contributed by atoms with Gasteiger partial charge in [0.1, 0.15) is 0 Å².